The van der Waals surface area contributed by atoms with Crippen molar-refractivity contribution in [1.82, 2.24) is 20.5 Å². The minimum atomic E-state index is 0.647. The maximum absolute atomic E-state index is 4.34. The molecule has 0 saturated heterocycles. The van der Waals surface area contributed by atoms with Crippen molar-refractivity contribution < 1.29 is 0 Å². The summed E-state index contributed by atoms with van der Waals surface area (Å²) in [5, 5.41) is 11.3. The zero-order valence-corrected chi connectivity index (χ0v) is 14.3. The fraction of sp³-hybridized carbons (Fsp3) is 0.429. The molecule has 0 fully saturated rings. The first kappa shape index (κ1) is 15.5. The first-order chi connectivity index (χ1) is 9.54. The number of hydrogen-bond acceptors (Lipinski definition) is 4. The standard InChI is InChI=1S/C14H19BrN4S/c1-9(2)7-16-8-11-6-12(15)4-5-13(11)20-14-17-10(3)18-19-14/h4-6,9,16H,7-8H2,1-3H3,(H,17,18,19). The Morgan fingerprint density at radius 3 is 2.85 bits per heavy atom. The van der Waals surface area contributed by atoms with E-state index in [2.05, 4.69) is 62.4 Å². The Labute approximate surface area is 132 Å². The fourth-order valence-electron chi connectivity index (χ4n) is 1.75. The molecule has 20 heavy (non-hydrogen) atoms. The van der Waals surface area contributed by atoms with Crippen molar-refractivity contribution in [3.63, 3.8) is 0 Å². The van der Waals surface area contributed by atoms with Crippen molar-refractivity contribution in [2.24, 2.45) is 5.92 Å². The van der Waals surface area contributed by atoms with Crippen LogP contribution in [0.2, 0.25) is 0 Å². The molecule has 1 aromatic heterocycles. The zero-order chi connectivity index (χ0) is 14.5. The number of H-pyrrole nitrogens is 1. The van der Waals surface area contributed by atoms with Crippen LogP contribution in [0.1, 0.15) is 25.2 Å². The van der Waals surface area contributed by atoms with Gasteiger partial charge in [-0.3, -0.25) is 5.10 Å². The Morgan fingerprint density at radius 1 is 1.40 bits per heavy atom. The fourth-order valence-corrected chi connectivity index (χ4v) is 3.02. The van der Waals surface area contributed by atoms with Gasteiger partial charge >= 0.3 is 0 Å². The number of nitrogens with zero attached hydrogens (tertiary/aromatic N) is 2. The molecule has 4 nitrogen and oxygen atoms in total. The zero-order valence-electron chi connectivity index (χ0n) is 11.9. The Kier molecular flexibility index (Phi) is 5.63. The molecule has 0 atom stereocenters. The van der Waals surface area contributed by atoms with E-state index in [0.29, 0.717) is 5.92 Å². The second-order valence-corrected chi connectivity index (χ2v) is 7.01. The molecular weight excluding hydrogens is 336 g/mol. The van der Waals surface area contributed by atoms with Crippen LogP contribution in [-0.2, 0) is 6.54 Å². The minimum absolute atomic E-state index is 0.647. The largest absolute Gasteiger partial charge is 0.312 e. The maximum atomic E-state index is 4.34. The molecular formula is C14H19BrN4S. The topological polar surface area (TPSA) is 53.6 Å². The molecule has 1 heterocycles. The highest BCUT2D eigenvalue weighted by atomic mass is 79.9. The van der Waals surface area contributed by atoms with E-state index in [9.17, 15) is 0 Å². The number of aromatic nitrogens is 3. The number of nitrogens with one attached hydrogen (secondary N) is 2. The van der Waals surface area contributed by atoms with Crippen LogP contribution in [0.15, 0.2) is 32.7 Å². The van der Waals surface area contributed by atoms with Crippen LogP contribution in [0.4, 0.5) is 0 Å². The molecule has 2 rings (SSSR count). The molecule has 0 aliphatic heterocycles. The van der Waals surface area contributed by atoms with E-state index in [1.165, 1.54) is 10.5 Å². The summed E-state index contributed by atoms with van der Waals surface area (Å²) in [7, 11) is 0. The monoisotopic (exact) mass is 354 g/mol. The second-order valence-electron chi connectivity index (χ2n) is 5.08. The van der Waals surface area contributed by atoms with E-state index >= 15 is 0 Å². The average Bonchev–Trinajstić information content (AvgIpc) is 2.78. The smallest absolute Gasteiger partial charge is 0.213 e. The van der Waals surface area contributed by atoms with Gasteiger partial charge in [-0.2, -0.15) is 0 Å². The van der Waals surface area contributed by atoms with Gasteiger partial charge in [0.2, 0.25) is 5.16 Å². The Bertz CT molecular complexity index is 568. The summed E-state index contributed by atoms with van der Waals surface area (Å²) in [4.78, 5) is 5.53. The van der Waals surface area contributed by atoms with Gasteiger partial charge in [0, 0.05) is 15.9 Å². The first-order valence-corrected chi connectivity index (χ1v) is 8.21. The Balaban J connectivity index is 2.10. The molecule has 1 aromatic carbocycles. The summed E-state index contributed by atoms with van der Waals surface area (Å²) in [5.41, 5.74) is 1.26. The molecule has 0 saturated carbocycles. The molecule has 0 aliphatic rings. The van der Waals surface area contributed by atoms with Crippen LogP contribution in [0, 0.1) is 12.8 Å². The molecule has 0 bridgehead atoms. The normalized spacial score (nSPS) is 11.2. The van der Waals surface area contributed by atoms with Gasteiger partial charge in [0.05, 0.1) is 0 Å². The third-order valence-electron chi connectivity index (χ3n) is 2.67. The van der Waals surface area contributed by atoms with Crippen molar-refractivity contribution in [3.05, 3.63) is 34.1 Å². The Hall–Kier alpha value is -0.850. The molecule has 6 heteroatoms. The molecule has 0 aliphatic carbocycles. The van der Waals surface area contributed by atoms with Crippen molar-refractivity contribution in [3.8, 4) is 0 Å². The van der Waals surface area contributed by atoms with Gasteiger partial charge in [-0.05, 0) is 54.9 Å². The van der Waals surface area contributed by atoms with Gasteiger partial charge in [0.1, 0.15) is 5.82 Å². The average molecular weight is 355 g/mol. The number of hydrogen-bond donors (Lipinski definition) is 2. The van der Waals surface area contributed by atoms with Crippen LogP contribution in [0.25, 0.3) is 0 Å². The van der Waals surface area contributed by atoms with Gasteiger partial charge in [-0.25, -0.2) is 4.98 Å². The van der Waals surface area contributed by atoms with Crippen LogP contribution >= 0.6 is 27.7 Å². The lowest BCUT2D eigenvalue weighted by Crippen LogP contribution is -2.19. The quantitative estimate of drug-likeness (QED) is 0.828. The van der Waals surface area contributed by atoms with E-state index < -0.39 is 0 Å². The summed E-state index contributed by atoms with van der Waals surface area (Å²) in [6, 6.07) is 6.30. The summed E-state index contributed by atoms with van der Waals surface area (Å²) in [6.45, 7) is 8.18. The number of halogens is 1. The highest BCUT2D eigenvalue weighted by Gasteiger charge is 2.08. The number of benzene rings is 1. The van der Waals surface area contributed by atoms with E-state index in [4.69, 9.17) is 0 Å². The molecule has 0 amide bonds. The first-order valence-electron chi connectivity index (χ1n) is 6.60. The van der Waals surface area contributed by atoms with Crippen LogP contribution in [0.5, 0.6) is 0 Å². The van der Waals surface area contributed by atoms with Gasteiger partial charge in [-0.15, -0.1) is 5.10 Å². The maximum Gasteiger partial charge on any atom is 0.213 e. The van der Waals surface area contributed by atoms with E-state index in [-0.39, 0.29) is 0 Å². The van der Waals surface area contributed by atoms with Crippen molar-refractivity contribution >= 4 is 27.7 Å². The van der Waals surface area contributed by atoms with E-state index in [0.717, 1.165) is 28.5 Å². The number of rotatable bonds is 6. The van der Waals surface area contributed by atoms with Crippen molar-refractivity contribution in [2.75, 3.05) is 6.54 Å². The molecule has 0 radical (unpaired) electrons. The lowest BCUT2D eigenvalue weighted by atomic mass is 10.2. The van der Waals surface area contributed by atoms with Crippen molar-refractivity contribution in [1.29, 1.82) is 0 Å². The third kappa shape index (κ3) is 4.61. The highest BCUT2D eigenvalue weighted by Crippen LogP contribution is 2.30. The predicted octanol–water partition coefficient (Wildman–Crippen LogP) is 3.77. The minimum Gasteiger partial charge on any atom is -0.312 e. The van der Waals surface area contributed by atoms with Gasteiger partial charge in [0.15, 0.2) is 0 Å². The summed E-state index contributed by atoms with van der Waals surface area (Å²) >= 11 is 5.12. The summed E-state index contributed by atoms with van der Waals surface area (Å²) in [6.07, 6.45) is 0. The van der Waals surface area contributed by atoms with Crippen LogP contribution < -0.4 is 5.32 Å². The number of aromatic amines is 1. The van der Waals surface area contributed by atoms with Gasteiger partial charge in [-0.1, -0.05) is 29.8 Å². The Morgan fingerprint density at radius 2 is 2.20 bits per heavy atom. The molecule has 0 unspecified atom stereocenters. The van der Waals surface area contributed by atoms with Gasteiger partial charge < -0.3 is 5.32 Å². The van der Waals surface area contributed by atoms with Crippen LogP contribution in [-0.4, -0.2) is 21.7 Å². The third-order valence-corrected chi connectivity index (χ3v) is 4.15. The van der Waals surface area contributed by atoms with E-state index in [1.54, 1.807) is 11.8 Å². The SMILES string of the molecule is Cc1nc(Sc2ccc(Br)cc2CNCC(C)C)n[nH]1. The summed E-state index contributed by atoms with van der Waals surface area (Å²) < 4.78 is 1.09. The molecule has 0 spiro atoms. The predicted molar refractivity (Wildman–Crippen MR) is 85.9 cm³/mol. The lowest BCUT2D eigenvalue weighted by Gasteiger charge is -2.11. The molecule has 108 valence electrons. The highest BCUT2D eigenvalue weighted by molar-refractivity contribution is 9.10. The van der Waals surface area contributed by atoms with Gasteiger partial charge in [0.25, 0.3) is 0 Å². The summed E-state index contributed by atoms with van der Waals surface area (Å²) in [5.74, 6) is 1.48. The van der Waals surface area contributed by atoms with Crippen molar-refractivity contribution in [2.45, 2.75) is 37.4 Å². The second kappa shape index (κ2) is 7.24. The number of aryl methyl sites for hydroxylation is 1. The lowest BCUT2D eigenvalue weighted by molar-refractivity contribution is 0.550. The molecule has 2 aromatic rings. The van der Waals surface area contributed by atoms with Crippen LogP contribution in [0.3, 0.4) is 0 Å². The molecule has 2 N–H and O–H groups in total. The van der Waals surface area contributed by atoms with E-state index in [1.807, 2.05) is 13.0 Å².